The van der Waals surface area contributed by atoms with Crippen LogP contribution in [0.1, 0.15) is 5.56 Å². The summed E-state index contributed by atoms with van der Waals surface area (Å²) in [5, 5.41) is 18.7. The predicted octanol–water partition coefficient (Wildman–Crippen LogP) is 4.70. The summed E-state index contributed by atoms with van der Waals surface area (Å²) in [5.41, 5.74) is 4.96. The molecule has 7 heteroatoms. The van der Waals surface area contributed by atoms with Crippen molar-refractivity contribution in [2.24, 2.45) is 0 Å². The number of amides is 1. The van der Waals surface area contributed by atoms with E-state index >= 15 is 0 Å². The monoisotopic (exact) mass is 430 g/mol. The summed E-state index contributed by atoms with van der Waals surface area (Å²) in [6.07, 6.45) is 0.649. The molecule has 0 aliphatic heterocycles. The smallest absolute Gasteiger partial charge is 0.404 e. The second-order valence-electron chi connectivity index (χ2n) is 7.23. The SMILES string of the molecule is O=C(O)NCCNCc1cnn(-c2ccc(-c3ccccc3)cc2)c1-c1ccccc1F. The van der Waals surface area contributed by atoms with E-state index in [1.54, 1.807) is 29.1 Å². The highest BCUT2D eigenvalue weighted by Crippen LogP contribution is 2.30. The number of carboxylic acid groups (broad SMARTS) is 1. The van der Waals surface area contributed by atoms with E-state index in [0.29, 0.717) is 24.3 Å². The van der Waals surface area contributed by atoms with Gasteiger partial charge in [0.1, 0.15) is 5.82 Å². The van der Waals surface area contributed by atoms with Gasteiger partial charge in [-0.05, 0) is 35.4 Å². The summed E-state index contributed by atoms with van der Waals surface area (Å²) < 4.78 is 16.4. The van der Waals surface area contributed by atoms with E-state index < -0.39 is 6.09 Å². The first kappa shape index (κ1) is 21.3. The first-order valence-electron chi connectivity index (χ1n) is 10.3. The second-order valence-corrected chi connectivity index (χ2v) is 7.23. The van der Waals surface area contributed by atoms with Gasteiger partial charge < -0.3 is 15.7 Å². The predicted molar refractivity (Wildman–Crippen MR) is 122 cm³/mol. The molecule has 0 saturated heterocycles. The molecule has 0 radical (unpaired) electrons. The zero-order valence-electron chi connectivity index (χ0n) is 17.3. The van der Waals surface area contributed by atoms with Crippen LogP contribution in [0.5, 0.6) is 0 Å². The standard InChI is InChI=1S/C25H23FN4O2/c26-23-9-5-4-8-22(23)24-20(16-27-14-15-28-25(31)32)17-29-30(24)21-12-10-19(11-13-21)18-6-2-1-3-7-18/h1-13,17,27-28H,14-16H2,(H,31,32). The van der Waals surface area contributed by atoms with Crippen molar-refractivity contribution in [1.29, 1.82) is 0 Å². The molecule has 162 valence electrons. The van der Waals surface area contributed by atoms with Gasteiger partial charge >= 0.3 is 6.09 Å². The molecule has 1 aromatic heterocycles. The van der Waals surface area contributed by atoms with Crippen molar-refractivity contribution in [1.82, 2.24) is 20.4 Å². The molecule has 4 aromatic rings. The van der Waals surface area contributed by atoms with E-state index in [0.717, 1.165) is 22.4 Å². The van der Waals surface area contributed by atoms with Crippen molar-refractivity contribution in [2.45, 2.75) is 6.54 Å². The lowest BCUT2D eigenvalue weighted by atomic mass is 10.0. The van der Waals surface area contributed by atoms with Crippen molar-refractivity contribution in [2.75, 3.05) is 13.1 Å². The van der Waals surface area contributed by atoms with Crippen LogP contribution in [0.4, 0.5) is 9.18 Å². The summed E-state index contributed by atoms with van der Waals surface area (Å²) >= 11 is 0. The Bertz CT molecular complexity index is 1190. The molecule has 1 heterocycles. The van der Waals surface area contributed by atoms with Gasteiger partial charge in [0, 0.05) is 30.8 Å². The van der Waals surface area contributed by atoms with E-state index in [1.165, 1.54) is 6.07 Å². The number of aromatic nitrogens is 2. The lowest BCUT2D eigenvalue weighted by molar-refractivity contribution is 0.194. The molecule has 1 amide bonds. The molecule has 0 bridgehead atoms. The Balaban J connectivity index is 1.64. The first-order valence-corrected chi connectivity index (χ1v) is 10.3. The average molecular weight is 430 g/mol. The number of nitrogens with one attached hydrogen (secondary N) is 2. The summed E-state index contributed by atoms with van der Waals surface area (Å²) in [7, 11) is 0. The summed E-state index contributed by atoms with van der Waals surface area (Å²) in [5.74, 6) is -0.330. The number of hydrogen-bond donors (Lipinski definition) is 3. The zero-order chi connectivity index (χ0) is 22.3. The van der Waals surface area contributed by atoms with Crippen LogP contribution in [0, 0.1) is 5.82 Å². The van der Waals surface area contributed by atoms with Gasteiger partial charge in [-0.2, -0.15) is 5.10 Å². The Morgan fingerprint density at radius 1 is 0.906 bits per heavy atom. The van der Waals surface area contributed by atoms with Gasteiger partial charge in [-0.25, -0.2) is 13.9 Å². The van der Waals surface area contributed by atoms with Gasteiger partial charge in [-0.15, -0.1) is 0 Å². The number of carbonyl (C=O) groups is 1. The summed E-state index contributed by atoms with van der Waals surface area (Å²) in [6, 6.07) is 24.7. The Hall–Kier alpha value is -3.97. The fourth-order valence-electron chi connectivity index (χ4n) is 3.55. The fraction of sp³-hybridized carbons (Fsp3) is 0.120. The first-order chi connectivity index (χ1) is 15.6. The molecule has 0 aliphatic carbocycles. The Kier molecular flexibility index (Phi) is 6.57. The van der Waals surface area contributed by atoms with Gasteiger partial charge in [-0.3, -0.25) is 0 Å². The molecule has 0 fully saturated rings. The summed E-state index contributed by atoms with van der Waals surface area (Å²) in [4.78, 5) is 10.6. The van der Waals surface area contributed by atoms with E-state index in [1.807, 2.05) is 42.5 Å². The third-order valence-electron chi connectivity index (χ3n) is 5.09. The highest BCUT2D eigenvalue weighted by molar-refractivity contribution is 5.68. The van der Waals surface area contributed by atoms with Gasteiger partial charge in [0.15, 0.2) is 0 Å². The number of halogens is 1. The summed E-state index contributed by atoms with van der Waals surface area (Å²) in [6.45, 7) is 1.15. The van der Waals surface area contributed by atoms with Crippen LogP contribution >= 0.6 is 0 Å². The largest absolute Gasteiger partial charge is 0.465 e. The van der Waals surface area contributed by atoms with Crippen molar-refractivity contribution >= 4 is 6.09 Å². The fourth-order valence-corrected chi connectivity index (χ4v) is 3.55. The van der Waals surface area contributed by atoms with E-state index in [2.05, 4.69) is 27.9 Å². The number of nitrogens with zero attached hydrogens (tertiary/aromatic N) is 2. The Morgan fingerprint density at radius 3 is 2.31 bits per heavy atom. The van der Waals surface area contributed by atoms with Crippen LogP contribution in [0.2, 0.25) is 0 Å². The third-order valence-corrected chi connectivity index (χ3v) is 5.09. The highest BCUT2D eigenvalue weighted by atomic mass is 19.1. The molecular weight excluding hydrogens is 407 g/mol. The highest BCUT2D eigenvalue weighted by Gasteiger charge is 2.17. The minimum Gasteiger partial charge on any atom is -0.465 e. The van der Waals surface area contributed by atoms with Gasteiger partial charge in [0.2, 0.25) is 0 Å². The van der Waals surface area contributed by atoms with Crippen molar-refractivity contribution in [3.05, 3.63) is 96.4 Å². The molecule has 6 nitrogen and oxygen atoms in total. The number of benzene rings is 3. The lowest BCUT2D eigenvalue weighted by Crippen LogP contribution is -2.30. The van der Waals surface area contributed by atoms with Crippen LogP contribution in [0.25, 0.3) is 28.1 Å². The minimum absolute atomic E-state index is 0.277. The van der Waals surface area contributed by atoms with Crippen LogP contribution in [-0.4, -0.2) is 34.1 Å². The van der Waals surface area contributed by atoms with Crippen molar-refractivity contribution in [3.63, 3.8) is 0 Å². The molecular formula is C25H23FN4O2. The third kappa shape index (κ3) is 4.84. The number of rotatable bonds is 8. The number of hydrogen-bond acceptors (Lipinski definition) is 3. The van der Waals surface area contributed by atoms with Gasteiger partial charge in [0.05, 0.1) is 17.6 Å². The van der Waals surface area contributed by atoms with Crippen molar-refractivity contribution in [3.8, 4) is 28.1 Å². The van der Waals surface area contributed by atoms with Crippen LogP contribution in [-0.2, 0) is 6.54 Å². The molecule has 0 unspecified atom stereocenters. The quantitative estimate of drug-likeness (QED) is 0.354. The molecule has 4 rings (SSSR count). The van der Waals surface area contributed by atoms with E-state index in [9.17, 15) is 9.18 Å². The molecule has 0 aliphatic rings. The Labute approximate surface area is 185 Å². The maximum atomic E-state index is 14.7. The normalized spacial score (nSPS) is 10.8. The Morgan fingerprint density at radius 2 is 1.59 bits per heavy atom. The maximum Gasteiger partial charge on any atom is 0.404 e. The minimum atomic E-state index is -1.06. The molecule has 32 heavy (non-hydrogen) atoms. The maximum absolute atomic E-state index is 14.7. The van der Waals surface area contributed by atoms with Crippen LogP contribution in [0.3, 0.4) is 0 Å². The lowest BCUT2D eigenvalue weighted by Gasteiger charge is -2.12. The topological polar surface area (TPSA) is 79.2 Å². The molecule has 3 N–H and O–H groups in total. The van der Waals surface area contributed by atoms with Crippen molar-refractivity contribution < 1.29 is 14.3 Å². The van der Waals surface area contributed by atoms with E-state index in [4.69, 9.17) is 5.11 Å². The zero-order valence-corrected chi connectivity index (χ0v) is 17.3. The van der Waals surface area contributed by atoms with Crippen LogP contribution < -0.4 is 10.6 Å². The van der Waals surface area contributed by atoms with E-state index in [-0.39, 0.29) is 12.4 Å². The molecule has 3 aromatic carbocycles. The van der Waals surface area contributed by atoms with Gasteiger partial charge in [0.25, 0.3) is 0 Å². The second kappa shape index (κ2) is 9.89. The molecule has 0 saturated carbocycles. The molecule has 0 atom stereocenters. The van der Waals surface area contributed by atoms with Crippen LogP contribution in [0.15, 0.2) is 85.1 Å². The molecule has 0 spiro atoms. The van der Waals surface area contributed by atoms with Gasteiger partial charge in [-0.1, -0.05) is 54.6 Å². The average Bonchev–Trinajstić information content (AvgIpc) is 3.23.